The summed E-state index contributed by atoms with van der Waals surface area (Å²) in [5, 5.41) is 21.5. The lowest BCUT2D eigenvalue weighted by molar-refractivity contribution is 0.102. The maximum absolute atomic E-state index is 14.7. The van der Waals surface area contributed by atoms with Gasteiger partial charge in [0.2, 0.25) is 0 Å². The first-order chi connectivity index (χ1) is 18.8. The number of hydrogen-bond acceptors (Lipinski definition) is 7. The number of ether oxygens (including phenoxy) is 1. The van der Waals surface area contributed by atoms with Gasteiger partial charge in [0.1, 0.15) is 22.8 Å². The standard InChI is InChI=1S/C26H25FIN7O4/c1-34-13-15-22(33-34)17(28)11-19(23(15)35(26(37)38)14-5-4-9-29-12-14)32-25(36)18-8-10-30-24(31-18)21-16(27)6-3-7-20(21)39-2/h3,6-8,10-11,13-14,29H,4-5,9,12H2,1-2H3,(H,32,36)(H,37,38). The molecule has 1 aliphatic heterocycles. The normalized spacial score (nSPS) is 15.2. The molecule has 2 aromatic heterocycles. The van der Waals surface area contributed by atoms with Gasteiger partial charge in [0.05, 0.1) is 30.1 Å². The molecule has 2 aromatic carbocycles. The summed E-state index contributed by atoms with van der Waals surface area (Å²) in [6.07, 6.45) is 3.44. The number of benzene rings is 2. The number of hydrogen-bond donors (Lipinski definition) is 3. The van der Waals surface area contributed by atoms with Crippen molar-refractivity contribution in [3.8, 4) is 17.1 Å². The van der Waals surface area contributed by atoms with Crippen molar-refractivity contribution in [3.63, 3.8) is 0 Å². The third-order valence-corrected chi connectivity index (χ3v) is 7.30. The summed E-state index contributed by atoms with van der Waals surface area (Å²) in [5.74, 6) is -0.995. The van der Waals surface area contributed by atoms with E-state index in [1.54, 1.807) is 30.1 Å². The minimum absolute atomic E-state index is 0.0180. The molecule has 0 bridgehead atoms. The first kappa shape index (κ1) is 26.7. The predicted octanol–water partition coefficient (Wildman–Crippen LogP) is 4.27. The Morgan fingerprint density at radius 3 is 2.87 bits per heavy atom. The van der Waals surface area contributed by atoms with Gasteiger partial charge in [0, 0.05) is 34.9 Å². The molecular formula is C26H25FIN7O4. The zero-order valence-electron chi connectivity index (χ0n) is 21.1. The lowest BCUT2D eigenvalue weighted by atomic mass is 10.0. The van der Waals surface area contributed by atoms with E-state index in [-0.39, 0.29) is 28.9 Å². The van der Waals surface area contributed by atoms with Crippen molar-refractivity contribution in [3.05, 3.63) is 57.8 Å². The van der Waals surface area contributed by atoms with Crippen molar-refractivity contribution >= 4 is 56.9 Å². The molecule has 0 saturated carbocycles. The number of halogens is 2. The molecule has 202 valence electrons. The van der Waals surface area contributed by atoms with Crippen molar-refractivity contribution in [1.82, 2.24) is 25.1 Å². The van der Waals surface area contributed by atoms with Gasteiger partial charge in [-0.2, -0.15) is 5.10 Å². The van der Waals surface area contributed by atoms with E-state index >= 15 is 0 Å². The lowest BCUT2D eigenvalue weighted by Gasteiger charge is -2.34. The first-order valence-corrected chi connectivity index (χ1v) is 13.2. The Morgan fingerprint density at radius 2 is 2.15 bits per heavy atom. The fourth-order valence-corrected chi connectivity index (χ4v) is 5.48. The average molecular weight is 645 g/mol. The van der Waals surface area contributed by atoms with Gasteiger partial charge in [-0.25, -0.2) is 19.2 Å². The summed E-state index contributed by atoms with van der Waals surface area (Å²) >= 11 is 2.11. The highest BCUT2D eigenvalue weighted by atomic mass is 127. The van der Waals surface area contributed by atoms with E-state index < -0.39 is 17.8 Å². The van der Waals surface area contributed by atoms with Crippen LogP contribution in [-0.4, -0.2) is 63.1 Å². The van der Waals surface area contributed by atoms with Gasteiger partial charge in [0.25, 0.3) is 5.91 Å². The van der Waals surface area contributed by atoms with Crippen LogP contribution in [0, 0.1) is 9.39 Å². The molecule has 2 amide bonds. The van der Waals surface area contributed by atoms with E-state index in [4.69, 9.17) is 4.74 Å². The fraction of sp³-hybridized carbons (Fsp3) is 0.269. The second kappa shape index (κ2) is 11.1. The molecule has 13 heteroatoms. The van der Waals surface area contributed by atoms with Crippen LogP contribution in [0.3, 0.4) is 0 Å². The maximum atomic E-state index is 14.7. The van der Waals surface area contributed by atoms with Gasteiger partial charge >= 0.3 is 6.09 Å². The second-order valence-electron chi connectivity index (χ2n) is 9.01. The van der Waals surface area contributed by atoms with Gasteiger partial charge < -0.3 is 20.5 Å². The summed E-state index contributed by atoms with van der Waals surface area (Å²) in [5.41, 5.74) is 1.25. The number of methoxy groups -OCH3 is 1. The second-order valence-corrected chi connectivity index (χ2v) is 10.2. The van der Waals surface area contributed by atoms with Crippen molar-refractivity contribution in [2.24, 2.45) is 7.05 Å². The first-order valence-electron chi connectivity index (χ1n) is 12.1. The summed E-state index contributed by atoms with van der Waals surface area (Å²) < 4.78 is 22.3. The number of piperidine rings is 1. The number of carbonyl (C=O) groups excluding carboxylic acids is 1. The van der Waals surface area contributed by atoms with Crippen molar-refractivity contribution in [2.75, 3.05) is 30.4 Å². The van der Waals surface area contributed by atoms with Gasteiger partial charge in [-0.3, -0.25) is 14.4 Å². The third kappa shape index (κ3) is 5.23. The molecule has 0 aliphatic carbocycles. The number of rotatable bonds is 6. The van der Waals surface area contributed by atoms with Gasteiger partial charge in [-0.1, -0.05) is 6.07 Å². The minimum atomic E-state index is -1.14. The molecule has 0 radical (unpaired) electrons. The van der Waals surface area contributed by atoms with E-state index in [0.29, 0.717) is 35.2 Å². The van der Waals surface area contributed by atoms with Crippen LogP contribution in [0.25, 0.3) is 22.3 Å². The van der Waals surface area contributed by atoms with Gasteiger partial charge in [-0.15, -0.1) is 0 Å². The zero-order chi connectivity index (χ0) is 27.7. The molecule has 1 atom stereocenters. The predicted molar refractivity (Wildman–Crippen MR) is 152 cm³/mol. The van der Waals surface area contributed by atoms with Crippen LogP contribution < -0.4 is 20.3 Å². The molecule has 1 aliphatic rings. The van der Waals surface area contributed by atoms with Crippen LogP contribution in [0.1, 0.15) is 23.3 Å². The van der Waals surface area contributed by atoms with Gasteiger partial charge in [-0.05, 0) is 66.2 Å². The topological polar surface area (TPSA) is 134 Å². The van der Waals surface area contributed by atoms with Crippen molar-refractivity contribution in [2.45, 2.75) is 18.9 Å². The number of anilines is 2. The Kier molecular flexibility index (Phi) is 7.61. The average Bonchev–Trinajstić information content (AvgIpc) is 3.32. The summed E-state index contributed by atoms with van der Waals surface area (Å²) in [6, 6.07) is 7.09. The SMILES string of the molecule is COc1cccc(F)c1-c1nccc(C(=O)Nc2cc(I)c3nn(C)cc3c2N(C(=O)O)C2CCCNC2)n1. The number of aryl methyl sites for hydroxylation is 1. The number of amides is 2. The Balaban J connectivity index is 1.59. The fourth-order valence-electron chi connectivity index (χ4n) is 4.77. The van der Waals surface area contributed by atoms with Crippen LogP contribution in [0.4, 0.5) is 20.6 Å². The number of aromatic nitrogens is 4. The quantitative estimate of drug-likeness (QED) is 0.265. The summed E-state index contributed by atoms with van der Waals surface area (Å²) in [6.45, 7) is 1.29. The van der Waals surface area contributed by atoms with Crippen LogP contribution >= 0.6 is 22.6 Å². The highest BCUT2D eigenvalue weighted by Crippen LogP contribution is 2.39. The molecule has 3 N–H and O–H groups in total. The molecule has 39 heavy (non-hydrogen) atoms. The zero-order valence-corrected chi connectivity index (χ0v) is 23.3. The van der Waals surface area contributed by atoms with E-state index in [1.807, 2.05) is 0 Å². The number of carboxylic acid groups (broad SMARTS) is 1. The minimum Gasteiger partial charge on any atom is -0.496 e. The Morgan fingerprint density at radius 1 is 1.33 bits per heavy atom. The highest BCUT2D eigenvalue weighted by Gasteiger charge is 2.32. The van der Waals surface area contributed by atoms with Crippen LogP contribution in [0.15, 0.2) is 42.7 Å². The molecule has 0 spiro atoms. The molecule has 5 rings (SSSR count). The number of nitrogens with zero attached hydrogens (tertiary/aromatic N) is 5. The largest absolute Gasteiger partial charge is 0.496 e. The Hall–Kier alpha value is -3.85. The molecular weight excluding hydrogens is 620 g/mol. The molecule has 4 aromatic rings. The molecule has 11 nitrogen and oxygen atoms in total. The van der Waals surface area contributed by atoms with Gasteiger partial charge in [0.15, 0.2) is 5.82 Å². The monoisotopic (exact) mass is 645 g/mol. The number of nitrogens with one attached hydrogen (secondary N) is 2. The van der Waals surface area contributed by atoms with E-state index in [1.165, 1.54) is 36.4 Å². The Labute approximate surface area is 236 Å². The van der Waals surface area contributed by atoms with Crippen molar-refractivity contribution in [1.29, 1.82) is 0 Å². The summed E-state index contributed by atoms with van der Waals surface area (Å²) in [7, 11) is 3.16. The highest BCUT2D eigenvalue weighted by molar-refractivity contribution is 14.1. The van der Waals surface area contributed by atoms with Crippen LogP contribution in [-0.2, 0) is 7.05 Å². The number of carbonyl (C=O) groups is 2. The smallest absolute Gasteiger partial charge is 0.412 e. The van der Waals surface area contributed by atoms with E-state index in [0.717, 1.165) is 16.5 Å². The molecule has 3 heterocycles. The molecule has 1 fully saturated rings. The van der Waals surface area contributed by atoms with E-state index in [9.17, 15) is 19.1 Å². The van der Waals surface area contributed by atoms with Crippen LogP contribution in [0.2, 0.25) is 0 Å². The lowest BCUT2D eigenvalue weighted by Crippen LogP contribution is -2.49. The van der Waals surface area contributed by atoms with Crippen LogP contribution in [0.5, 0.6) is 5.75 Å². The van der Waals surface area contributed by atoms with Crippen molar-refractivity contribution < 1.29 is 23.8 Å². The Bertz CT molecular complexity index is 1570. The summed E-state index contributed by atoms with van der Waals surface area (Å²) in [4.78, 5) is 35.8. The third-order valence-electron chi connectivity index (χ3n) is 6.47. The maximum Gasteiger partial charge on any atom is 0.412 e. The van der Waals surface area contributed by atoms with E-state index in [2.05, 4.69) is 48.3 Å². The molecule has 1 unspecified atom stereocenters. The number of fused-ring (bicyclic) bond motifs is 1. The molecule has 1 saturated heterocycles.